The van der Waals surface area contributed by atoms with E-state index in [2.05, 4.69) is 9.97 Å². The summed E-state index contributed by atoms with van der Waals surface area (Å²) in [6, 6.07) is 15.2. The number of hydrogen-bond donors (Lipinski definition) is 1. The zero-order chi connectivity index (χ0) is 22.0. The van der Waals surface area contributed by atoms with Crippen LogP contribution in [0.2, 0.25) is 0 Å². The molecule has 1 N–H and O–H groups in total. The molecule has 0 radical (unpaired) electrons. The second kappa shape index (κ2) is 8.36. The van der Waals surface area contributed by atoms with E-state index in [4.69, 9.17) is 4.74 Å². The number of nitro benzene ring substituents is 1. The quantitative estimate of drug-likeness (QED) is 0.360. The first-order valence-electron chi connectivity index (χ1n) is 9.50. The fraction of sp³-hybridized carbons (Fsp3) is 0.190. The summed E-state index contributed by atoms with van der Waals surface area (Å²) >= 11 is 0. The van der Waals surface area contributed by atoms with Crippen molar-refractivity contribution in [2.75, 3.05) is 13.7 Å². The monoisotopic (exact) mass is 421 g/mol. The van der Waals surface area contributed by atoms with Crippen molar-refractivity contribution in [2.24, 2.45) is 0 Å². The van der Waals surface area contributed by atoms with Gasteiger partial charge in [-0.1, -0.05) is 30.3 Å². The molecule has 158 valence electrons. The largest absolute Gasteiger partial charge is 0.383 e. The Labute approximate surface area is 175 Å². The number of benzene rings is 2. The molecule has 0 aliphatic rings. The van der Waals surface area contributed by atoms with Crippen LogP contribution in [0.5, 0.6) is 0 Å². The van der Waals surface area contributed by atoms with Crippen LogP contribution in [-0.4, -0.2) is 37.7 Å². The molecule has 0 atom stereocenters. The highest BCUT2D eigenvalue weighted by Gasteiger charge is 2.20. The van der Waals surface area contributed by atoms with Crippen molar-refractivity contribution < 1.29 is 9.66 Å². The third kappa shape index (κ3) is 3.88. The van der Waals surface area contributed by atoms with Crippen LogP contribution in [0.15, 0.2) is 64.2 Å². The zero-order valence-electron chi connectivity index (χ0n) is 16.6. The van der Waals surface area contributed by atoms with E-state index in [-0.39, 0.29) is 23.4 Å². The molecule has 0 saturated carbocycles. The molecule has 0 aliphatic carbocycles. The molecule has 4 rings (SSSR count). The van der Waals surface area contributed by atoms with Crippen LogP contribution in [0.4, 0.5) is 5.69 Å². The van der Waals surface area contributed by atoms with Gasteiger partial charge in [0.25, 0.3) is 11.2 Å². The maximum absolute atomic E-state index is 12.7. The third-order valence-corrected chi connectivity index (χ3v) is 4.92. The number of fused-ring (bicyclic) bond motifs is 1. The van der Waals surface area contributed by atoms with Crippen molar-refractivity contribution in [2.45, 2.75) is 13.1 Å². The fourth-order valence-electron chi connectivity index (χ4n) is 3.44. The van der Waals surface area contributed by atoms with Crippen molar-refractivity contribution in [3.05, 3.63) is 91.1 Å². The average molecular weight is 421 g/mol. The number of non-ortho nitro benzene ring substituents is 1. The first kappa shape index (κ1) is 20.2. The number of imidazole rings is 1. The number of H-pyrrole nitrogens is 1. The van der Waals surface area contributed by atoms with Crippen molar-refractivity contribution >= 4 is 16.9 Å². The van der Waals surface area contributed by atoms with Crippen LogP contribution in [0.25, 0.3) is 22.6 Å². The molecule has 2 aromatic heterocycles. The molecule has 0 saturated heterocycles. The fourth-order valence-corrected chi connectivity index (χ4v) is 3.44. The van der Waals surface area contributed by atoms with Crippen LogP contribution in [0.1, 0.15) is 5.56 Å². The van der Waals surface area contributed by atoms with Gasteiger partial charge in [0.15, 0.2) is 11.2 Å². The number of methoxy groups -OCH3 is 1. The summed E-state index contributed by atoms with van der Waals surface area (Å²) in [6.07, 6.45) is 0. The van der Waals surface area contributed by atoms with Crippen molar-refractivity contribution in [1.29, 1.82) is 0 Å². The normalized spacial score (nSPS) is 11.1. The zero-order valence-corrected chi connectivity index (χ0v) is 16.6. The van der Waals surface area contributed by atoms with E-state index >= 15 is 0 Å². The van der Waals surface area contributed by atoms with Gasteiger partial charge in [-0.3, -0.25) is 24.5 Å². The summed E-state index contributed by atoms with van der Waals surface area (Å²) in [7, 11) is 1.54. The van der Waals surface area contributed by atoms with Crippen molar-refractivity contribution in [1.82, 2.24) is 19.1 Å². The summed E-state index contributed by atoms with van der Waals surface area (Å²) < 4.78 is 8.25. The molecule has 10 nitrogen and oxygen atoms in total. The van der Waals surface area contributed by atoms with Gasteiger partial charge in [0, 0.05) is 31.4 Å². The van der Waals surface area contributed by atoms with Gasteiger partial charge in [-0.25, -0.2) is 9.78 Å². The lowest BCUT2D eigenvalue weighted by atomic mass is 10.2. The van der Waals surface area contributed by atoms with Crippen LogP contribution in [0, 0.1) is 10.1 Å². The summed E-state index contributed by atoms with van der Waals surface area (Å²) in [5.74, 6) is 0.417. The number of ether oxygens (including phenoxy) is 1. The molecule has 31 heavy (non-hydrogen) atoms. The summed E-state index contributed by atoms with van der Waals surface area (Å²) in [5, 5.41) is 11.0. The molecule has 0 aliphatic heterocycles. The Morgan fingerprint density at radius 3 is 2.42 bits per heavy atom. The number of nitrogens with zero attached hydrogens (tertiary/aromatic N) is 4. The second-order valence-corrected chi connectivity index (χ2v) is 6.89. The molecule has 0 fully saturated rings. The average Bonchev–Trinajstić information content (AvgIpc) is 3.15. The van der Waals surface area contributed by atoms with Crippen LogP contribution in [-0.2, 0) is 17.8 Å². The molecule has 4 aromatic rings. The molecule has 0 unspecified atom stereocenters. The predicted octanol–water partition coefficient (Wildman–Crippen LogP) is 2.16. The standard InChI is InChI=1S/C21H19N5O5/c1-31-12-11-24-17-19(22-18(24)15-7-9-16(10-8-15)26(29)30)25(21(28)23-20(17)27)13-14-5-3-2-4-6-14/h2-10H,11-13H2,1H3,(H,23,27,28). The van der Waals surface area contributed by atoms with E-state index < -0.39 is 16.2 Å². The topological polar surface area (TPSA) is 125 Å². The van der Waals surface area contributed by atoms with Gasteiger partial charge in [-0.05, 0) is 17.7 Å². The van der Waals surface area contributed by atoms with Crippen LogP contribution in [0.3, 0.4) is 0 Å². The van der Waals surface area contributed by atoms with E-state index in [1.165, 1.54) is 16.7 Å². The minimum atomic E-state index is -0.562. The number of aromatic amines is 1. The number of rotatable bonds is 7. The van der Waals surface area contributed by atoms with Gasteiger partial charge in [0.2, 0.25) is 0 Å². The van der Waals surface area contributed by atoms with Gasteiger partial charge in [0.1, 0.15) is 5.82 Å². The molecule has 2 aromatic carbocycles. The Balaban J connectivity index is 1.94. The lowest BCUT2D eigenvalue weighted by Gasteiger charge is -2.09. The van der Waals surface area contributed by atoms with Gasteiger partial charge >= 0.3 is 5.69 Å². The first-order valence-corrected chi connectivity index (χ1v) is 9.50. The van der Waals surface area contributed by atoms with E-state index in [1.807, 2.05) is 30.3 Å². The van der Waals surface area contributed by atoms with Crippen molar-refractivity contribution in [3.8, 4) is 11.4 Å². The lowest BCUT2D eigenvalue weighted by Crippen LogP contribution is -2.31. The Bertz CT molecular complexity index is 1350. The number of nitrogens with one attached hydrogen (secondary N) is 1. The van der Waals surface area contributed by atoms with Gasteiger partial charge in [-0.2, -0.15) is 0 Å². The SMILES string of the molecule is COCCn1c(-c2ccc([N+](=O)[O-])cc2)nc2c1c(=O)[nH]c(=O)n2Cc1ccccc1. The number of nitro groups is 1. The van der Waals surface area contributed by atoms with E-state index in [0.29, 0.717) is 24.5 Å². The molecule has 0 spiro atoms. The Morgan fingerprint density at radius 2 is 1.77 bits per heavy atom. The second-order valence-electron chi connectivity index (χ2n) is 6.89. The third-order valence-electron chi connectivity index (χ3n) is 4.92. The number of aromatic nitrogens is 4. The van der Waals surface area contributed by atoms with Gasteiger partial charge < -0.3 is 9.30 Å². The van der Waals surface area contributed by atoms with Gasteiger partial charge in [-0.15, -0.1) is 0 Å². The Kier molecular flexibility index (Phi) is 5.46. The highest BCUT2D eigenvalue weighted by atomic mass is 16.6. The highest BCUT2D eigenvalue weighted by molar-refractivity contribution is 5.77. The summed E-state index contributed by atoms with van der Waals surface area (Å²) in [4.78, 5) is 42.8. The number of hydrogen-bond acceptors (Lipinski definition) is 6. The molecule has 10 heteroatoms. The molecule has 0 bridgehead atoms. The highest BCUT2D eigenvalue weighted by Crippen LogP contribution is 2.25. The van der Waals surface area contributed by atoms with Crippen LogP contribution < -0.4 is 11.2 Å². The van der Waals surface area contributed by atoms with Crippen LogP contribution >= 0.6 is 0 Å². The lowest BCUT2D eigenvalue weighted by molar-refractivity contribution is -0.384. The van der Waals surface area contributed by atoms with E-state index in [9.17, 15) is 19.7 Å². The Morgan fingerprint density at radius 1 is 1.06 bits per heavy atom. The molecular formula is C21H19N5O5. The minimum Gasteiger partial charge on any atom is -0.383 e. The maximum atomic E-state index is 12.7. The Hall–Kier alpha value is -4.05. The predicted molar refractivity (Wildman–Crippen MR) is 114 cm³/mol. The molecule has 2 heterocycles. The molecular weight excluding hydrogens is 402 g/mol. The molecule has 0 amide bonds. The summed E-state index contributed by atoms with van der Waals surface area (Å²) in [6.45, 7) is 0.850. The smallest absolute Gasteiger partial charge is 0.330 e. The van der Waals surface area contributed by atoms with Crippen molar-refractivity contribution in [3.63, 3.8) is 0 Å². The van der Waals surface area contributed by atoms with Gasteiger partial charge in [0.05, 0.1) is 18.1 Å². The summed E-state index contributed by atoms with van der Waals surface area (Å²) in [5.41, 5.74) is 0.761. The minimum absolute atomic E-state index is 0.0536. The van der Waals surface area contributed by atoms with E-state index in [0.717, 1.165) is 5.56 Å². The maximum Gasteiger partial charge on any atom is 0.330 e. The van der Waals surface area contributed by atoms with E-state index in [1.54, 1.807) is 23.8 Å². The first-order chi connectivity index (χ1) is 15.0.